The summed E-state index contributed by atoms with van der Waals surface area (Å²) in [6.45, 7) is 3.14. The lowest BCUT2D eigenvalue weighted by atomic mass is 10.1. The van der Waals surface area contributed by atoms with Crippen LogP contribution < -0.4 is 5.32 Å². The first kappa shape index (κ1) is 11.4. The molecule has 1 saturated heterocycles. The van der Waals surface area contributed by atoms with Gasteiger partial charge in [0.15, 0.2) is 0 Å². The maximum atomic E-state index is 4.30. The highest BCUT2D eigenvalue weighted by Crippen LogP contribution is 2.26. The monoisotopic (exact) mass is 311 g/mol. The number of hydrogen-bond acceptors (Lipinski definition) is 3. The average molecular weight is 312 g/mol. The number of imidazole rings is 1. The quantitative estimate of drug-likeness (QED) is 0.944. The SMILES string of the molecule is Brc1ccc(Cn2cncc2C2CCNC2)s1. The van der Waals surface area contributed by atoms with E-state index in [0.29, 0.717) is 5.92 Å². The van der Waals surface area contributed by atoms with Gasteiger partial charge in [0.1, 0.15) is 0 Å². The van der Waals surface area contributed by atoms with Gasteiger partial charge in [-0.2, -0.15) is 0 Å². The molecule has 3 nitrogen and oxygen atoms in total. The molecule has 1 atom stereocenters. The summed E-state index contributed by atoms with van der Waals surface area (Å²) in [6, 6.07) is 4.28. The summed E-state index contributed by atoms with van der Waals surface area (Å²) in [6.07, 6.45) is 5.18. The first-order chi connectivity index (χ1) is 8.33. The lowest BCUT2D eigenvalue weighted by molar-refractivity contribution is 0.658. The van der Waals surface area contributed by atoms with E-state index in [1.807, 2.05) is 12.5 Å². The Morgan fingerprint density at radius 3 is 3.18 bits per heavy atom. The van der Waals surface area contributed by atoms with E-state index in [1.165, 1.54) is 20.8 Å². The number of halogens is 1. The van der Waals surface area contributed by atoms with Crippen molar-refractivity contribution < 1.29 is 0 Å². The molecule has 0 bridgehead atoms. The van der Waals surface area contributed by atoms with Crippen LogP contribution in [0.5, 0.6) is 0 Å². The van der Waals surface area contributed by atoms with Crippen LogP contribution in [0.3, 0.4) is 0 Å². The molecule has 5 heteroatoms. The van der Waals surface area contributed by atoms with Crippen LogP contribution in [0.2, 0.25) is 0 Å². The van der Waals surface area contributed by atoms with Crippen molar-refractivity contribution in [3.8, 4) is 0 Å². The van der Waals surface area contributed by atoms with Crippen molar-refractivity contribution in [3.05, 3.63) is 39.0 Å². The fourth-order valence-electron chi connectivity index (χ4n) is 2.31. The number of nitrogens with zero attached hydrogens (tertiary/aromatic N) is 2. The van der Waals surface area contributed by atoms with Gasteiger partial charge < -0.3 is 9.88 Å². The molecule has 2 aromatic rings. The molecule has 1 unspecified atom stereocenters. The van der Waals surface area contributed by atoms with Gasteiger partial charge in [0, 0.05) is 29.2 Å². The van der Waals surface area contributed by atoms with Gasteiger partial charge in [0.2, 0.25) is 0 Å². The van der Waals surface area contributed by atoms with Gasteiger partial charge in [-0.05, 0) is 41.0 Å². The molecule has 1 fully saturated rings. The highest BCUT2D eigenvalue weighted by Gasteiger charge is 2.20. The van der Waals surface area contributed by atoms with E-state index < -0.39 is 0 Å². The smallest absolute Gasteiger partial charge is 0.0951 e. The predicted molar refractivity (Wildman–Crippen MR) is 73.6 cm³/mol. The van der Waals surface area contributed by atoms with Crippen LogP contribution in [0.25, 0.3) is 0 Å². The van der Waals surface area contributed by atoms with Crippen molar-refractivity contribution in [1.82, 2.24) is 14.9 Å². The second-order valence-corrected chi connectivity index (χ2v) is 6.89. The fourth-order valence-corrected chi connectivity index (χ4v) is 3.80. The second-order valence-electron chi connectivity index (χ2n) is 4.34. The third-order valence-electron chi connectivity index (χ3n) is 3.18. The van der Waals surface area contributed by atoms with Crippen LogP contribution in [0, 0.1) is 0 Å². The number of thiophene rings is 1. The molecule has 0 radical (unpaired) electrons. The fraction of sp³-hybridized carbons (Fsp3) is 0.417. The highest BCUT2D eigenvalue weighted by atomic mass is 79.9. The summed E-state index contributed by atoms with van der Waals surface area (Å²) < 4.78 is 3.47. The minimum Gasteiger partial charge on any atom is -0.329 e. The largest absolute Gasteiger partial charge is 0.329 e. The third-order valence-corrected chi connectivity index (χ3v) is 4.79. The number of aromatic nitrogens is 2. The predicted octanol–water partition coefficient (Wildman–Crippen LogP) is 2.83. The second kappa shape index (κ2) is 4.92. The zero-order chi connectivity index (χ0) is 11.7. The first-order valence-corrected chi connectivity index (χ1v) is 7.39. The molecule has 0 spiro atoms. The number of rotatable bonds is 3. The van der Waals surface area contributed by atoms with E-state index in [2.05, 4.69) is 42.9 Å². The van der Waals surface area contributed by atoms with Gasteiger partial charge in [0.05, 0.1) is 16.7 Å². The van der Waals surface area contributed by atoms with E-state index in [9.17, 15) is 0 Å². The van der Waals surface area contributed by atoms with E-state index in [0.717, 1.165) is 19.6 Å². The molecule has 0 aromatic carbocycles. The molecule has 90 valence electrons. The van der Waals surface area contributed by atoms with Crippen molar-refractivity contribution in [2.75, 3.05) is 13.1 Å². The lowest BCUT2D eigenvalue weighted by Gasteiger charge is -2.11. The average Bonchev–Trinajstić information content (AvgIpc) is 3.00. The van der Waals surface area contributed by atoms with Crippen molar-refractivity contribution in [3.63, 3.8) is 0 Å². The molecule has 0 amide bonds. The van der Waals surface area contributed by atoms with Gasteiger partial charge in [-0.1, -0.05) is 0 Å². The molecule has 3 rings (SSSR count). The van der Waals surface area contributed by atoms with E-state index in [1.54, 1.807) is 11.3 Å². The van der Waals surface area contributed by atoms with Gasteiger partial charge in [-0.25, -0.2) is 4.98 Å². The van der Waals surface area contributed by atoms with Gasteiger partial charge in [0.25, 0.3) is 0 Å². The lowest BCUT2D eigenvalue weighted by Crippen LogP contribution is -2.11. The Kier molecular flexibility index (Phi) is 3.31. The van der Waals surface area contributed by atoms with E-state index in [4.69, 9.17) is 0 Å². The zero-order valence-corrected chi connectivity index (χ0v) is 11.8. The van der Waals surface area contributed by atoms with Gasteiger partial charge in [-0.3, -0.25) is 0 Å². The summed E-state index contributed by atoms with van der Waals surface area (Å²) in [5.41, 5.74) is 1.36. The van der Waals surface area contributed by atoms with Crippen LogP contribution in [0.15, 0.2) is 28.4 Å². The van der Waals surface area contributed by atoms with Crippen molar-refractivity contribution >= 4 is 27.3 Å². The molecular formula is C12H14BrN3S. The standard InChI is InChI=1S/C12H14BrN3S/c13-12-2-1-10(17-12)7-16-8-15-6-11(16)9-3-4-14-5-9/h1-2,6,8-9,14H,3-5,7H2. The van der Waals surface area contributed by atoms with Crippen LogP contribution in [0.1, 0.15) is 22.9 Å². The first-order valence-electron chi connectivity index (χ1n) is 5.78. The summed E-state index contributed by atoms with van der Waals surface area (Å²) in [5.74, 6) is 0.626. The Balaban J connectivity index is 1.81. The molecule has 1 N–H and O–H groups in total. The maximum Gasteiger partial charge on any atom is 0.0951 e. The minimum atomic E-state index is 0.626. The summed E-state index contributed by atoms with van der Waals surface area (Å²) >= 11 is 5.29. The van der Waals surface area contributed by atoms with Crippen molar-refractivity contribution in [2.45, 2.75) is 18.9 Å². The molecule has 2 aromatic heterocycles. The summed E-state index contributed by atoms with van der Waals surface area (Å²) in [4.78, 5) is 5.66. The molecule has 3 heterocycles. The summed E-state index contributed by atoms with van der Waals surface area (Å²) in [7, 11) is 0. The van der Waals surface area contributed by atoms with Crippen molar-refractivity contribution in [2.24, 2.45) is 0 Å². The number of hydrogen-bond donors (Lipinski definition) is 1. The van der Waals surface area contributed by atoms with Crippen molar-refractivity contribution in [1.29, 1.82) is 0 Å². The topological polar surface area (TPSA) is 29.9 Å². The van der Waals surface area contributed by atoms with E-state index >= 15 is 0 Å². The van der Waals surface area contributed by atoms with Crippen LogP contribution in [-0.4, -0.2) is 22.6 Å². The third kappa shape index (κ3) is 2.46. The Bertz CT molecular complexity index is 499. The summed E-state index contributed by atoms with van der Waals surface area (Å²) in [5, 5.41) is 3.41. The van der Waals surface area contributed by atoms with Gasteiger partial charge >= 0.3 is 0 Å². The van der Waals surface area contributed by atoms with E-state index in [-0.39, 0.29) is 0 Å². The Morgan fingerprint density at radius 2 is 2.47 bits per heavy atom. The number of nitrogens with one attached hydrogen (secondary N) is 1. The maximum absolute atomic E-state index is 4.30. The zero-order valence-electron chi connectivity index (χ0n) is 9.40. The molecule has 1 aliphatic rings. The Labute approximate surface area is 113 Å². The Morgan fingerprint density at radius 1 is 1.53 bits per heavy atom. The van der Waals surface area contributed by atoms with Crippen LogP contribution in [-0.2, 0) is 6.54 Å². The highest BCUT2D eigenvalue weighted by molar-refractivity contribution is 9.11. The van der Waals surface area contributed by atoms with Crippen LogP contribution in [0.4, 0.5) is 0 Å². The minimum absolute atomic E-state index is 0.626. The molecule has 0 saturated carbocycles. The molecular weight excluding hydrogens is 298 g/mol. The normalized spacial score (nSPS) is 19.9. The molecule has 0 aliphatic carbocycles. The van der Waals surface area contributed by atoms with Crippen LogP contribution >= 0.6 is 27.3 Å². The molecule has 1 aliphatic heterocycles. The van der Waals surface area contributed by atoms with Gasteiger partial charge in [-0.15, -0.1) is 11.3 Å². The molecule has 17 heavy (non-hydrogen) atoms. The Hall–Kier alpha value is -0.650.